The van der Waals surface area contributed by atoms with Crippen molar-refractivity contribution in [2.24, 2.45) is 5.73 Å². The minimum Gasteiger partial charge on any atom is -0.330 e. The summed E-state index contributed by atoms with van der Waals surface area (Å²) >= 11 is 0. The maximum Gasteiger partial charge on any atom is 0.270 e. The van der Waals surface area contributed by atoms with E-state index in [1.807, 2.05) is 0 Å². The van der Waals surface area contributed by atoms with Crippen molar-refractivity contribution in [1.29, 1.82) is 0 Å². The van der Waals surface area contributed by atoms with Gasteiger partial charge in [-0.2, -0.15) is 0 Å². The molecule has 0 aliphatic heterocycles. The van der Waals surface area contributed by atoms with Gasteiger partial charge in [-0.05, 0) is 29.8 Å². The van der Waals surface area contributed by atoms with E-state index in [0.717, 1.165) is 12.8 Å². The van der Waals surface area contributed by atoms with Crippen LogP contribution in [0.2, 0.25) is 0 Å². The van der Waals surface area contributed by atoms with E-state index in [0.29, 0.717) is 24.5 Å². The van der Waals surface area contributed by atoms with Gasteiger partial charge in [-0.1, -0.05) is 12.1 Å². The van der Waals surface area contributed by atoms with Crippen LogP contribution in [0.1, 0.15) is 12.8 Å². The smallest absolute Gasteiger partial charge is 0.270 e. The summed E-state index contributed by atoms with van der Waals surface area (Å²) < 4.78 is 1.63. The Morgan fingerprint density at radius 3 is 2.95 bits per heavy atom. The number of nitro benzene ring substituents is 1. The maximum atomic E-state index is 10.8. The molecule has 0 saturated heterocycles. The van der Waals surface area contributed by atoms with Gasteiger partial charge in [-0.3, -0.25) is 10.1 Å². The number of hydrogen-bond acceptors (Lipinski definition) is 6. The van der Waals surface area contributed by atoms with E-state index in [2.05, 4.69) is 15.5 Å². The highest BCUT2D eigenvalue weighted by molar-refractivity contribution is 5.58. The molecule has 0 radical (unpaired) electrons. The van der Waals surface area contributed by atoms with Gasteiger partial charge in [0.15, 0.2) is 5.82 Å². The van der Waals surface area contributed by atoms with E-state index in [4.69, 9.17) is 5.73 Å². The van der Waals surface area contributed by atoms with Gasteiger partial charge in [-0.15, -0.1) is 5.10 Å². The first-order valence-corrected chi connectivity index (χ1v) is 5.93. The highest BCUT2D eigenvalue weighted by Gasteiger charge is 2.12. The minimum absolute atomic E-state index is 0.0222. The normalized spacial score (nSPS) is 10.6. The van der Waals surface area contributed by atoms with Gasteiger partial charge in [0.2, 0.25) is 0 Å². The van der Waals surface area contributed by atoms with Crippen molar-refractivity contribution >= 4 is 5.69 Å². The number of benzene rings is 1. The zero-order chi connectivity index (χ0) is 13.7. The molecule has 2 N–H and O–H groups in total. The van der Waals surface area contributed by atoms with Crippen LogP contribution in [0, 0.1) is 10.1 Å². The van der Waals surface area contributed by atoms with Crippen molar-refractivity contribution < 1.29 is 4.92 Å². The summed E-state index contributed by atoms with van der Waals surface area (Å²) in [6, 6.07) is 6.27. The second-order valence-corrected chi connectivity index (χ2v) is 4.03. The van der Waals surface area contributed by atoms with Gasteiger partial charge in [0.05, 0.1) is 4.92 Å². The zero-order valence-electron chi connectivity index (χ0n) is 10.3. The Bertz CT molecular complexity index is 568. The van der Waals surface area contributed by atoms with Gasteiger partial charge in [0.1, 0.15) is 0 Å². The lowest BCUT2D eigenvalue weighted by Gasteiger charge is -2.03. The minimum atomic E-state index is -0.438. The SMILES string of the molecule is NCCCCn1nnnc1-c1cccc([N+](=O)[O-])c1. The zero-order valence-corrected chi connectivity index (χ0v) is 10.3. The number of aromatic nitrogens is 4. The van der Waals surface area contributed by atoms with Crippen molar-refractivity contribution in [3.63, 3.8) is 0 Å². The lowest BCUT2D eigenvalue weighted by molar-refractivity contribution is -0.384. The summed E-state index contributed by atoms with van der Waals surface area (Å²) in [5.41, 5.74) is 6.09. The Kier molecular flexibility index (Phi) is 4.14. The van der Waals surface area contributed by atoms with E-state index in [1.165, 1.54) is 12.1 Å². The summed E-state index contributed by atoms with van der Waals surface area (Å²) in [4.78, 5) is 10.3. The summed E-state index contributed by atoms with van der Waals surface area (Å²) in [6.45, 7) is 1.26. The van der Waals surface area contributed by atoms with Crippen LogP contribution in [0.3, 0.4) is 0 Å². The third-order valence-corrected chi connectivity index (χ3v) is 2.67. The van der Waals surface area contributed by atoms with Crippen LogP contribution in [0.15, 0.2) is 24.3 Å². The van der Waals surface area contributed by atoms with E-state index in [-0.39, 0.29) is 5.69 Å². The van der Waals surface area contributed by atoms with E-state index >= 15 is 0 Å². The molecule has 0 bridgehead atoms. The molecule has 8 heteroatoms. The van der Waals surface area contributed by atoms with Crippen LogP contribution in [-0.2, 0) is 6.54 Å². The third kappa shape index (κ3) is 3.10. The average molecular weight is 262 g/mol. The number of non-ortho nitro benzene ring substituents is 1. The van der Waals surface area contributed by atoms with Crippen molar-refractivity contribution in [2.75, 3.05) is 6.54 Å². The maximum absolute atomic E-state index is 10.8. The molecule has 0 saturated carbocycles. The molecule has 0 unspecified atom stereocenters. The van der Waals surface area contributed by atoms with Gasteiger partial charge in [0, 0.05) is 24.2 Å². The Morgan fingerprint density at radius 2 is 2.21 bits per heavy atom. The molecule has 2 rings (SSSR count). The number of nitrogens with two attached hydrogens (primary N) is 1. The lowest BCUT2D eigenvalue weighted by atomic mass is 10.2. The molecule has 1 aromatic carbocycles. The van der Waals surface area contributed by atoms with Crippen LogP contribution in [0.25, 0.3) is 11.4 Å². The number of tetrazole rings is 1. The fourth-order valence-corrected chi connectivity index (χ4v) is 1.73. The van der Waals surface area contributed by atoms with E-state index < -0.39 is 4.92 Å². The fourth-order valence-electron chi connectivity index (χ4n) is 1.73. The Morgan fingerprint density at radius 1 is 1.37 bits per heavy atom. The number of aryl methyl sites for hydroxylation is 1. The van der Waals surface area contributed by atoms with Crippen molar-refractivity contribution in [1.82, 2.24) is 20.2 Å². The van der Waals surface area contributed by atoms with Gasteiger partial charge in [0.25, 0.3) is 5.69 Å². The predicted octanol–water partition coefficient (Wildman–Crippen LogP) is 0.987. The molecular formula is C11H14N6O2. The van der Waals surface area contributed by atoms with Crippen LogP contribution in [-0.4, -0.2) is 31.7 Å². The number of nitro groups is 1. The molecule has 19 heavy (non-hydrogen) atoms. The van der Waals surface area contributed by atoms with E-state index in [1.54, 1.807) is 16.8 Å². The number of hydrogen-bond donors (Lipinski definition) is 1. The Hall–Kier alpha value is -2.35. The molecule has 0 atom stereocenters. The fraction of sp³-hybridized carbons (Fsp3) is 0.364. The number of unbranched alkanes of at least 4 members (excludes halogenated alkanes) is 1. The molecular weight excluding hydrogens is 248 g/mol. The van der Waals surface area contributed by atoms with Crippen LogP contribution in [0.5, 0.6) is 0 Å². The second-order valence-electron chi connectivity index (χ2n) is 4.03. The van der Waals surface area contributed by atoms with Gasteiger partial charge in [-0.25, -0.2) is 4.68 Å². The molecule has 8 nitrogen and oxygen atoms in total. The van der Waals surface area contributed by atoms with Crippen molar-refractivity contribution in [3.8, 4) is 11.4 Å². The highest BCUT2D eigenvalue weighted by atomic mass is 16.6. The first kappa shape index (κ1) is 13.1. The van der Waals surface area contributed by atoms with Gasteiger partial charge < -0.3 is 5.73 Å². The van der Waals surface area contributed by atoms with E-state index in [9.17, 15) is 10.1 Å². The number of nitrogens with zero attached hydrogens (tertiary/aromatic N) is 5. The largest absolute Gasteiger partial charge is 0.330 e. The lowest BCUT2D eigenvalue weighted by Crippen LogP contribution is -2.06. The molecule has 0 fully saturated rings. The van der Waals surface area contributed by atoms with Crippen LogP contribution in [0.4, 0.5) is 5.69 Å². The van der Waals surface area contributed by atoms with Crippen LogP contribution >= 0.6 is 0 Å². The standard InChI is InChI=1S/C11H14N6O2/c12-6-1-2-7-16-11(13-14-15-16)9-4-3-5-10(8-9)17(18)19/h3-5,8H,1-2,6-7,12H2. The summed E-state index contributed by atoms with van der Waals surface area (Å²) in [5.74, 6) is 0.528. The molecule has 0 aliphatic carbocycles. The molecule has 0 spiro atoms. The molecule has 1 aromatic heterocycles. The van der Waals surface area contributed by atoms with Crippen molar-refractivity contribution in [2.45, 2.75) is 19.4 Å². The first-order valence-electron chi connectivity index (χ1n) is 5.93. The summed E-state index contributed by atoms with van der Waals surface area (Å²) in [7, 11) is 0. The molecule has 1 heterocycles. The van der Waals surface area contributed by atoms with Crippen molar-refractivity contribution in [3.05, 3.63) is 34.4 Å². The summed E-state index contributed by atoms with van der Waals surface area (Å²) in [6.07, 6.45) is 1.75. The number of rotatable bonds is 6. The average Bonchev–Trinajstić information content (AvgIpc) is 2.87. The molecule has 0 aliphatic rings. The monoisotopic (exact) mass is 262 g/mol. The molecule has 0 amide bonds. The molecule has 100 valence electrons. The van der Waals surface area contributed by atoms with Gasteiger partial charge >= 0.3 is 0 Å². The first-order chi connectivity index (χ1) is 9.22. The second kappa shape index (κ2) is 6.01. The molecule has 2 aromatic rings. The Balaban J connectivity index is 2.24. The topological polar surface area (TPSA) is 113 Å². The van der Waals surface area contributed by atoms with Crippen LogP contribution < -0.4 is 5.73 Å². The summed E-state index contributed by atoms with van der Waals surface area (Å²) in [5, 5.41) is 22.2. The quantitative estimate of drug-likeness (QED) is 0.471. The third-order valence-electron chi connectivity index (χ3n) is 2.67. The highest BCUT2D eigenvalue weighted by Crippen LogP contribution is 2.21. The Labute approximate surface area is 109 Å². The predicted molar refractivity (Wildman–Crippen MR) is 68.2 cm³/mol.